The molecular weight excluding hydrogens is 626 g/mol. The van der Waals surface area contributed by atoms with E-state index in [4.69, 9.17) is 32.7 Å². The van der Waals surface area contributed by atoms with E-state index in [-0.39, 0.29) is 17.9 Å². The molecule has 0 saturated carbocycles. The number of hydrazone groups is 1. The molecule has 10 nitrogen and oxygen atoms in total. The summed E-state index contributed by atoms with van der Waals surface area (Å²) >= 11 is 13.9. The summed E-state index contributed by atoms with van der Waals surface area (Å²) in [6.07, 6.45) is 1.40. The van der Waals surface area contributed by atoms with Crippen molar-refractivity contribution >= 4 is 75.2 Å². The number of nitro benzene ring substituents is 1. The van der Waals surface area contributed by atoms with Crippen molar-refractivity contribution in [3.8, 4) is 11.5 Å². The molecule has 3 aromatic rings. The fourth-order valence-corrected chi connectivity index (χ4v) is 3.91. The number of amides is 2. The Bertz CT molecular complexity index is 1330. The van der Waals surface area contributed by atoms with Gasteiger partial charge >= 0.3 is 0 Å². The van der Waals surface area contributed by atoms with E-state index < -0.39 is 16.7 Å². The zero-order chi connectivity index (χ0) is 26.2. The molecule has 0 atom stereocenters. The van der Waals surface area contributed by atoms with Gasteiger partial charge in [-0.15, -0.1) is 0 Å². The number of hydrogen-bond acceptors (Lipinski definition) is 7. The third-order valence-electron chi connectivity index (χ3n) is 4.52. The lowest BCUT2D eigenvalue weighted by molar-refractivity contribution is -0.384. The van der Waals surface area contributed by atoms with Crippen LogP contribution in [0.2, 0.25) is 10.0 Å². The number of halogens is 3. The van der Waals surface area contributed by atoms with Crippen molar-refractivity contribution in [2.75, 3.05) is 19.0 Å². The van der Waals surface area contributed by atoms with Crippen LogP contribution >= 0.6 is 45.8 Å². The van der Waals surface area contributed by atoms with Gasteiger partial charge in [0.1, 0.15) is 0 Å². The molecule has 0 fully saturated rings. The molecule has 3 aromatic carbocycles. The van der Waals surface area contributed by atoms with E-state index in [2.05, 4.69) is 15.8 Å². The Hall–Kier alpha value is -3.42. The molecule has 0 saturated heterocycles. The largest absolute Gasteiger partial charge is 0.493 e. The van der Waals surface area contributed by atoms with E-state index in [1.807, 2.05) is 22.6 Å². The van der Waals surface area contributed by atoms with Crippen LogP contribution < -0.4 is 20.2 Å². The van der Waals surface area contributed by atoms with Gasteiger partial charge in [-0.05, 0) is 70.6 Å². The number of nitrogens with one attached hydrogen (secondary N) is 2. The molecular formula is C23H17Cl2IN4O6. The predicted molar refractivity (Wildman–Crippen MR) is 144 cm³/mol. The van der Waals surface area contributed by atoms with Gasteiger partial charge in [-0.2, -0.15) is 5.10 Å². The lowest BCUT2D eigenvalue weighted by Crippen LogP contribution is -2.20. The Labute approximate surface area is 228 Å². The number of ether oxygens (including phenoxy) is 2. The fraction of sp³-hybridized carbons (Fsp3) is 0.0870. The third-order valence-corrected chi connectivity index (χ3v) is 6.06. The minimum atomic E-state index is -0.551. The Morgan fingerprint density at radius 1 is 1.11 bits per heavy atom. The summed E-state index contributed by atoms with van der Waals surface area (Å²) in [4.78, 5) is 34.6. The molecule has 0 aliphatic carbocycles. The number of non-ortho nitro benzene ring substituents is 1. The highest BCUT2D eigenvalue weighted by molar-refractivity contribution is 14.1. The maximum absolute atomic E-state index is 12.3. The van der Waals surface area contributed by atoms with Crippen LogP contribution in [0, 0.1) is 13.7 Å². The van der Waals surface area contributed by atoms with Gasteiger partial charge in [0, 0.05) is 23.4 Å². The second-order valence-corrected chi connectivity index (χ2v) is 8.98. The number of nitrogens with zero attached hydrogens (tertiary/aromatic N) is 2. The Morgan fingerprint density at radius 2 is 1.83 bits per heavy atom. The Morgan fingerprint density at radius 3 is 2.47 bits per heavy atom. The van der Waals surface area contributed by atoms with Crippen molar-refractivity contribution in [2.24, 2.45) is 5.10 Å². The van der Waals surface area contributed by atoms with E-state index in [9.17, 15) is 19.7 Å². The number of methoxy groups -OCH3 is 1. The van der Waals surface area contributed by atoms with Crippen LogP contribution in [-0.4, -0.2) is 36.7 Å². The SMILES string of the molecule is COc1cc(/C=N/NC(=O)c2ccc([N+](=O)[O-])cc2)cc(I)c1OCC(=O)Nc1ccc(Cl)c(Cl)c1. The highest BCUT2D eigenvalue weighted by atomic mass is 127. The van der Waals surface area contributed by atoms with E-state index in [0.29, 0.717) is 36.4 Å². The molecule has 0 heterocycles. The van der Waals surface area contributed by atoms with E-state index in [1.165, 1.54) is 43.7 Å². The third kappa shape index (κ3) is 7.29. The predicted octanol–water partition coefficient (Wildman–Crippen LogP) is 5.30. The van der Waals surface area contributed by atoms with Crippen molar-refractivity contribution in [3.63, 3.8) is 0 Å². The minimum Gasteiger partial charge on any atom is -0.493 e. The summed E-state index contributed by atoms with van der Waals surface area (Å²) in [7, 11) is 1.45. The first-order chi connectivity index (χ1) is 17.2. The van der Waals surface area contributed by atoms with Crippen LogP contribution in [0.3, 0.4) is 0 Å². The summed E-state index contributed by atoms with van der Waals surface area (Å²) in [6.45, 7) is -0.286. The average molecular weight is 643 g/mol. The number of anilines is 1. The molecule has 36 heavy (non-hydrogen) atoms. The van der Waals surface area contributed by atoms with Gasteiger partial charge in [0.25, 0.3) is 17.5 Å². The Balaban J connectivity index is 1.62. The van der Waals surface area contributed by atoms with Crippen LogP contribution in [0.4, 0.5) is 11.4 Å². The molecule has 0 aromatic heterocycles. The first kappa shape index (κ1) is 27.2. The highest BCUT2D eigenvalue weighted by Crippen LogP contribution is 2.33. The molecule has 2 N–H and O–H groups in total. The zero-order valence-electron chi connectivity index (χ0n) is 18.5. The van der Waals surface area contributed by atoms with Crippen molar-refractivity contribution in [1.29, 1.82) is 0 Å². The first-order valence-electron chi connectivity index (χ1n) is 10.0. The fourth-order valence-electron chi connectivity index (χ4n) is 2.83. The molecule has 0 spiro atoms. The number of hydrogen-bond donors (Lipinski definition) is 2. The van der Waals surface area contributed by atoms with Crippen molar-refractivity contribution in [3.05, 3.63) is 89.5 Å². The number of carbonyl (C=O) groups excluding carboxylic acids is 2. The van der Waals surface area contributed by atoms with Crippen LogP contribution in [-0.2, 0) is 4.79 Å². The van der Waals surface area contributed by atoms with E-state index in [1.54, 1.807) is 24.3 Å². The quantitative estimate of drug-likeness (QED) is 0.141. The van der Waals surface area contributed by atoms with E-state index >= 15 is 0 Å². The lowest BCUT2D eigenvalue weighted by atomic mass is 10.2. The smallest absolute Gasteiger partial charge is 0.271 e. The first-order valence-corrected chi connectivity index (χ1v) is 11.8. The summed E-state index contributed by atoms with van der Waals surface area (Å²) in [5.74, 6) is -0.233. The number of benzene rings is 3. The van der Waals surface area contributed by atoms with Crippen LogP contribution in [0.1, 0.15) is 15.9 Å². The molecule has 0 aliphatic rings. The number of carbonyl (C=O) groups is 2. The Kier molecular flexibility index (Phi) is 9.44. The molecule has 3 rings (SSSR count). The minimum absolute atomic E-state index is 0.120. The van der Waals surface area contributed by atoms with Crippen molar-refractivity contribution < 1.29 is 24.0 Å². The van der Waals surface area contributed by atoms with Gasteiger partial charge in [-0.1, -0.05) is 23.2 Å². The van der Waals surface area contributed by atoms with Gasteiger partial charge in [-0.3, -0.25) is 19.7 Å². The molecule has 186 valence electrons. The second-order valence-electron chi connectivity index (χ2n) is 7.00. The summed E-state index contributed by atoms with van der Waals surface area (Å²) in [5, 5.41) is 18.0. The molecule has 2 amide bonds. The van der Waals surface area contributed by atoms with Crippen molar-refractivity contribution in [2.45, 2.75) is 0 Å². The molecule has 0 aliphatic heterocycles. The molecule has 0 unspecified atom stereocenters. The lowest BCUT2D eigenvalue weighted by Gasteiger charge is -2.13. The maximum Gasteiger partial charge on any atom is 0.271 e. The van der Waals surface area contributed by atoms with E-state index in [0.717, 1.165) is 0 Å². The topological polar surface area (TPSA) is 132 Å². The normalized spacial score (nSPS) is 10.7. The monoisotopic (exact) mass is 642 g/mol. The number of rotatable bonds is 9. The zero-order valence-corrected chi connectivity index (χ0v) is 22.1. The van der Waals surface area contributed by atoms with Gasteiger partial charge in [-0.25, -0.2) is 5.43 Å². The van der Waals surface area contributed by atoms with Crippen molar-refractivity contribution in [1.82, 2.24) is 5.43 Å². The maximum atomic E-state index is 12.3. The van der Waals surface area contributed by atoms with Gasteiger partial charge in [0.05, 0.1) is 31.9 Å². The van der Waals surface area contributed by atoms with Gasteiger partial charge in [0.15, 0.2) is 18.1 Å². The molecule has 0 radical (unpaired) electrons. The number of nitro groups is 1. The van der Waals surface area contributed by atoms with Crippen LogP contribution in [0.15, 0.2) is 59.7 Å². The van der Waals surface area contributed by atoms with Crippen LogP contribution in [0.25, 0.3) is 0 Å². The average Bonchev–Trinajstić information content (AvgIpc) is 2.85. The summed E-state index contributed by atoms with van der Waals surface area (Å²) in [6, 6.07) is 13.2. The summed E-state index contributed by atoms with van der Waals surface area (Å²) in [5.41, 5.74) is 3.51. The molecule has 13 heteroatoms. The van der Waals surface area contributed by atoms with Gasteiger partial charge in [0.2, 0.25) is 0 Å². The standard InChI is InChI=1S/C23H17Cl2IN4O6/c1-35-20-9-13(11-27-29-23(32)14-2-5-16(6-3-14)30(33)34)8-19(26)22(20)36-12-21(31)28-15-4-7-17(24)18(25)10-15/h2-11H,12H2,1H3,(H,28,31)(H,29,32)/b27-11+. The highest BCUT2D eigenvalue weighted by Gasteiger charge is 2.14. The van der Waals surface area contributed by atoms with Crippen LogP contribution in [0.5, 0.6) is 11.5 Å². The second kappa shape index (κ2) is 12.5. The molecule has 0 bridgehead atoms. The summed E-state index contributed by atoms with van der Waals surface area (Å²) < 4.78 is 11.7. The van der Waals surface area contributed by atoms with Gasteiger partial charge < -0.3 is 14.8 Å².